The number of hydrogen-bond acceptors (Lipinski definition) is 4. The van der Waals surface area contributed by atoms with E-state index in [1.54, 1.807) is 11.2 Å². The van der Waals surface area contributed by atoms with Crippen molar-refractivity contribution in [2.45, 2.75) is 43.6 Å². The van der Waals surface area contributed by atoms with Gasteiger partial charge in [0.1, 0.15) is 0 Å². The summed E-state index contributed by atoms with van der Waals surface area (Å²) in [4.78, 5) is 0. The van der Waals surface area contributed by atoms with Crippen LogP contribution in [0, 0.1) is 0 Å². The quantitative estimate of drug-likeness (QED) is 0.807. The zero-order chi connectivity index (χ0) is 13.6. The highest BCUT2D eigenvalue weighted by atomic mass is 32.2. The van der Waals surface area contributed by atoms with Gasteiger partial charge in [0.2, 0.25) is 10.0 Å². The monoisotopic (exact) mass is 294 g/mol. The van der Waals surface area contributed by atoms with Crippen LogP contribution in [0.3, 0.4) is 0 Å². The zero-order valence-electron chi connectivity index (χ0n) is 11.7. The van der Waals surface area contributed by atoms with Crippen LogP contribution in [0.1, 0.15) is 33.1 Å². The molecule has 0 aromatic heterocycles. The van der Waals surface area contributed by atoms with Gasteiger partial charge in [0, 0.05) is 24.9 Å². The molecular formula is C12H26N2O2S2. The predicted octanol–water partition coefficient (Wildman–Crippen LogP) is 1.53. The number of nitrogens with zero attached hydrogens (tertiary/aromatic N) is 1. The molecule has 18 heavy (non-hydrogen) atoms. The molecule has 1 aliphatic rings. The third-order valence-corrected chi connectivity index (χ3v) is 6.92. The highest BCUT2D eigenvalue weighted by Crippen LogP contribution is 2.23. The molecule has 0 aliphatic carbocycles. The molecule has 1 heterocycles. The van der Waals surface area contributed by atoms with E-state index in [2.05, 4.69) is 11.6 Å². The molecule has 4 nitrogen and oxygen atoms in total. The van der Waals surface area contributed by atoms with Gasteiger partial charge in [-0.3, -0.25) is 0 Å². The average Bonchev–Trinajstić information content (AvgIpc) is 2.61. The van der Waals surface area contributed by atoms with Crippen LogP contribution in [0.15, 0.2) is 0 Å². The molecule has 2 atom stereocenters. The Hall–Kier alpha value is 0.220. The maximum atomic E-state index is 12.4. The Balaban J connectivity index is 2.61. The first-order chi connectivity index (χ1) is 8.52. The first-order valence-electron chi connectivity index (χ1n) is 6.74. The van der Waals surface area contributed by atoms with Gasteiger partial charge in [-0.25, -0.2) is 12.7 Å². The SMILES string of the molecule is CCNCC(C)S(=O)(=O)N1CCCC(SC)CC1. The van der Waals surface area contributed by atoms with Crippen LogP contribution in [-0.2, 0) is 10.0 Å². The smallest absolute Gasteiger partial charge is 0.217 e. The maximum Gasteiger partial charge on any atom is 0.217 e. The first kappa shape index (κ1) is 16.3. The minimum atomic E-state index is -3.13. The van der Waals surface area contributed by atoms with Crippen LogP contribution in [0.5, 0.6) is 0 Å². The highest BCUT2D eigenvalue weighted by Gasteiger charge is 2.30. The van der Waals surface area contributed by atoms with Crippen molar-refractivity contribution in [1.29, 1.82) is 0 Å². The van der Waals surface area contributed by atoms with Crippen LogP contribution >= 0.6 is 11.8 Å². The topological polar surface area (TPSA) is 49.4 Å². The van der Waals surface area contributed by atoms with E-state index in [1.165, 1.54) is 0 Å². The number of thioether (sulfide) groups is 1. The molecule has 1 rings (SSSR count). The summed E-state index contributed by atoms with van der Waals surface area (Å²) in [5.74, 6) is 0. The van der Waals surface area contributed by atoms with Gasteiger partial charge in [-0.05, 0) is 39.0 Å². The van der Waals surface area contributed by atoms with E-state index in [0.29, 0.717) is 24.9 Å². The molecule has 0 aromatic rings. The Morgan fingerprint density at radius 1 is 1.39 bits per heavy atom. The molecule has 1 aliphatic heterocycles. The minimum Gasteiger partial charge on any atom is -0.316 e. The molecule has 0 bridgehead atoms. The van der Waals surface area contributed by atoms with Crippen LogP contribution in [0.25, 0.3) is 0 Å². The highest BCUT2D eigenvalue weighted by molar-refractivity contribution is 7.99. The standard InChI is InChI=1S/C12H26N2O2S2/c1-4-13-10-11(2)18(15,16)14-8-5-6-12(17-3)7-9-14/h11-13H,4-10H2,1-3H3. The fourth-order valence-electron chi connectivity index (χ4n) is 2.24. The van der Waals surface area contributed by atoms with E-state index in [0.717, 1.165) is 25.8 Å². The summed E-state index contributed by atoms with van der Waals surface area (Å²) >= 11 is 1.86. The summed E-state index contributed by atoms with van der Waals surface area (Å²) in [6, 6.07) is 0. The van der Waals surface area contributed by atoms with E-state index in [4.69, 9.17) is 0 Å². The van der Waals surface area contributed by atoms with Gasteiger partial charge in [0.05, 0.1) is 5.25 Å². The molecule has 0 radical (unpaired) electrons. The fraction of sp³-hybridized carbons (Fsp3) is 1.00. The molecule has 0 spiro atoms. The Labute approximate surface area is 116 Å². The molecular weight excluding hydrogens is 268 g/mol. The van der Waals surface area contributed by atoms with E-state index >= 15 is 0 Å². The number of rotatable bonds is 6. The Morgan fingerprint density at radius 3 is 2.72 bits per heavy atom. The van der Waals surface area contributed by atoms with Crippen molar-refractivity contribution >= 4 is 21.8 Å². The minimum absolute atomic E-state index is 0.330. The van der Waals surface area contributed by atoms with Crippen molar-refractivity contribution in [3.05, 3.63) is 0 Å². The third-order valence-electron chi connectivity index (χ3n) is 3.52. The lowest BCUT2D eigenvalue weighted by Gasteiger charge is -2.24. The molecule has 0 saturated carbocycles. The second-order valence-electron chi connectivity index (χ2n) is 4.85. The number of sulfonamides is 1. The predicted molar refractivity (Wildman–Crippen MR) is 79.7 cm³/mol. The van der Waals surface area contributed by atoms with Crippen molar-refractivity contribution < 1.29 is 8.42 Å². The Bertz CT molecular complexity index is 333. The van der Waals surface area contributed by atoms with Gasteiger partial charge in [0.15, 0.2) is 0 Å². The molecule has 0 aromatic carbocycles. The van der Waals surface area contributed by atoms with Gasteiger partial charge in [-0.15, -0.1) is 0 Å². The van der Waals surface area contributed by atoms with Crippen LogP contribution in [-0.4, -0.2) is 55.7 Å². The Morgan fingerprint density at radius 2 is 2.11 bits per heavy atom. The van der Waals surface area contributed by atoms with Gasteiger partial charge in [0.25, 0.3) is 0 Å². The van der Waals surface area contributed by atoms with E-state index in [9.17, 15) is 8.42 Å². The van der Waals surface area contributed by atoms with Crippen molar-refractivity contribution in [2.75, 3.05) is 32.4 Å². The third kappa shape index (κ3) is 4.40. The molecule has 1 N–H and O–H groups in total. The molecule has 0 amide bonds. The van der Waals surface area contributed by atoms with Crippen molar-refractivity contribution in [2.24, 2.45) is 0 Å². The summed E-state index contributed by atoms with van der Waals surface area (Å²) in [7, 11) is -3.13. The molecule has 1 saturated heterocycles. The van der Waals surface area contributed by atoms with E-state index in [-0.39, 0.29) is 5.25 Å². The summed E-state index contributed by atoms with van der Waals surface area (Å²) in [5, 5.41) is 3.41. The van der Waals surface area contributed by atoms with Crippen LogP contribution in [0.2, 0.25) is 0 Å². The first-order valence-corrected chi connectivity index (χ1v) is 9.54. The largest absolute Gasteiger partial charge is 0.316 e. The van der Waals surface area contributed by atoms with Crippen molar-refractivity contribution in [3.8, 4) is 0 Å². The van der Waals surface area contributed by atoms with Gasteiger partial charge in [-0.1, -0.05) is 6.92 Å². The molecule has 108 valence electrons. The lowest BCUT2D eigenvalue weighted by Crippen LogP contribution is -2.42. The summed E-state index contributed by atoms with van der Waals surface area (Å²) < 4.78 is 26.5. The average molecular weight is 294 g/mol. The van der Waals surface area contributed by atoms with Crippen molar-refractivity contribution in [3.63, 3.8) is 0 Å². The summed E-state index contributed by atoms with van der Waals surface area (Å²) in [6.45, 7) is 6.53. The van der Waals surface area contributed by atoms with Crippen LogP contribution in [0.4, 0.5) is 0 Å². The molecule has 1 fully saturated rings. The van der Waals surface area contributed by atoms with E-state index < -0.39 is 10.0 Å². The van der Waals surface area contributed by atoms with Gasteiger partial charge in [-0.2, -0.15) is 11.8 Å². The summed E-state index contributed by atoms with van der Waals surface area (Å²) in [6.07, 6.45) is 5.21. The van der Waals surface area contributed by atoms with Gasteiger partial charge < -0.3 is 5.32 Å². The molecule has 2 unspecified atom stereocenters. The van der Waals surface area contributed by atoms with Crippen molar-refractivity contribution in [1.82, 2.24) is 9.62 Å². The molecule has 6 heteroatoms. The van der Waals surface area contributed by atoms with Gasteiger partial charge >= 0.3 is 0 Å². The van der Waals surface area contributed by atoms with E-state index in [1.807, 2.05) is 18.7 Å². The zero-order valence-corrected chi connectivity index (χ0v) is 13.3. The lowest BCUT2D eigenvalue weighted by molar-refractivity contribution is 0.415. The number of nitrogens with one attached hydrogen (secondary N) is 1. The Kier molecular flexibility index (Phi) is 6.98. The second-order valence-corrected chi connectivity index (χ2v) is 8.34. The second kappa shape index (κ2) is 7.72. The maximum absolute atomic E-state index is 12.4. The normalized spacial score (nSPS) is 24.7. The summed E-state index contributed by atoms with van der Waals surface area (Å²) in [5.41, 5.74) is 0. The fourth-order valence-corrected chi connectivity index (χ4v) is 4.56. The van der Waals surface area contributed by atoms with Crippen LogP contribution < -0.4 is 5.32 Å². The lowest BCUT2D eigenvalue weighted by atomic mass is 10.2. The number of hydrogen-bond donors (Lipinski definition) is 1.